The Kier molecular flexibility index (Phi) is 7.40. The van der Waals surface area contributed by atoms with Crippen molar-refractivity contribution < 1.29 is 30.8 Å². The smallest absolute Gasteiger partial charge is 0.440 e. The van der Waals surface area contributed by atoms with Gasteiger partial charge in [0.05, 0.1) is 23.1 Å². The first-order chi connectivity index (χ1) is 20.5. The van der Waals surface area contributed by atoms with Crippen molar-refractivity contribution in [2.24, 2.45) is 5.92 Å². The largest absolute Gasteiger partial charge is 0.451 e. The van der Waals surface area contributed by atoms with Gasteiger partial charge in [-0.1, -0.05) is 31.0 Å². The Morgan fingerprint density at radius 3 is 2.42 bits per heavy atom. The first-order valence-corrected chi connectivity index (χ1v) is 16.0. The Morgan fingerprint density at radius 2 is 1.77 bits per heavy atom. The van der Waals surface area contributed by atoms with Crippen molar-refractivity contribution >= 4 is 21.4 Å². The van der Waals surface area contributed by atoms with Gasteiger partial charge in [-0.3, -0.25) is 4.79 Å². The van der Waals surface area contributed by atoms with E-state index in [4.69, 9.17) is 9.40 Å². The molecule has 0 spiro atoms. The second kappa shape index (κ2) is 10.9. The normalized spacial score (nSPS) is 22.9. The van der Waals surface area contributed by atoms with Gasteiger partial charge in [-0.05, 0) is 31.7 Å². The molecule has 0 unspecified atom stereocenters. The quantitative estimate of drug-likeness (QED) is 0.425. The van der Waals surface area contributed by atoms with Crippen molar-refractivity contribution in [1.29, 1.82) is 5.26 Å². The number of amides is 1. The summed E-state index contributed by atoms with van der Waals surface area (Å²) in [4.78, 5) is 27.1. The number of rotatable bonds is 6. The molecule has 226 valence electrons. The minimum Gasteiger partial charge on any atom is -0.440 e. The second-order valence-corrected chi connectivity index (χ2v) is 13.7. The summed E-state index contributed by atoms with van der Waals surface area (Å²) in [7, 11) is -3.14. The number of sulfone groups is 1. The van der Waals surface area contributed by atoms with Crippen molar-refractivity contribution in [3.05, 3.63) is 48.2 Å². The van der Waals surface area contributed by atoms with Crippen LogP contribution in [0.2, 0.25) is 0 Å². The maximum atomic E-state index is 13.5. The molecule has 3 heterocycles. The zero-order valence-corrected chi connectivity index (χ0v) is 23.9. The summed E-state index contributed by atoms with van der Waals surface area (Å²) >= 11 is 0. The molecule has 3 fully saturated rings. The van der Waals surface area contributed by atoms with E-state index in [2.05, 4.69) is 21.4 Å². The Bertz CT molecular complexity index is 1670. The van der Waals surface area contributed by atoms with Crippen molar-refractivity contribution in [3.63, 3.8) is 0 Å². The highest BCUT2D eigenvalue weighted by molar-refractivity contribution is 7.91. The van der Waals surface area contributed by atoms with E-state index in [-0.39, 0.29) is 42.0 Å². The highest BCUT2D eigenvalue weighted by atomic mass is 32.2. The van der Waals surface area contributed by atoms with Crippen molar-refractivity contribution in [2.45, 2.75) is 56.2 Å². The third-order valence-electron chi connectivity index (χ3n) is 8.42. The number of para-hydroxylation sites is 1. The van der Waals surface area contributed by atoms with Crippen molar-refractivity contribution in [1.82, 2.24) is 20.3 Å². The summed E-state index contributed by atoms with van der Waals surface area (Å²) in [5, 5.41) is 12.5. The SMILES string of the molecule is N#CC1(NC(=O)[C@@H]2CCCC[C@H]2c2oc(-c3cnc(C(F)(F)F)nc3)nc2-c2ccccc2N2CCS(=O)(=O)CC2)CC1. The van der Waals surface area contributed by atoms with Gasteiger partial charge in [0.15, 0.2) is 9.84 Å². The number of alkyl halides is 3. The number of benzene rings is 1. The Labute approximate surface area is 246 Å². The van der Waals surface area contributed by atoms with E-state index < -0.39 is 39.2 Å². The number of anilines is 1. The fourth-order valence-electron chi connectivity index (χ4n) is 5.86. The van der Waals surface area contributed by atoms with E-state index in [1.807, 2.05) is 29.2 Å². The molecule has 3 aromatic rings. The van der Waals surface area contributed by atoms with Gasteiger partial charge < -0.3 is 14.6 Å². The van der Waals surface area contributed by atoms with Gasteiger partial charge >= 0.3 is 6.18 Å². The number of oxazole rings is 1. The fraction of sp³-hybridized carbons (Fsp3) is 0.483. The molecule has 43 heavy (non-hydrogen) atoms. The van der Waals surface area contributed by atoms with Gasteiger partial charge in [-0.25, -0.2) is 23.4 Å². The molecule has 2 atom stereocenters. The summed E-state index contributed by atoms with van der Waals surface area (Å²) in [6.07, 6.45) is 1.30. The number of carbonyl (C=O) groups excluding carboxylic acids is 1. The molecular formula is C29H29F3N6O4S. The standard InChI is InChI=1S/C29H29F3N6O4S/c30-29(31,32)27-34-15-18(16-35-27)26-36-23(21-7-3-4-8-22(21)38-11-13-43(40,41)14-12-38)24(42-26)19-5-1-2-6-20(19)25(39)37-28(17-33)9-10-28/h3-4,7-8,15-16,19-20H,1-2,5-6,9-14H2,(H,37,39)/t19-,20-/m1/s1. The summed E-state index contributed by atoms with van der Waals surface area (Å²) in [5.74, 6) is -2.01. The van der Waals surface area contributed by atoms with Gasteiger partial charge in [0.25, 0.3) is 0 Å². The number of hydrogen-bond acceptors (Lipinski definition) is 9. The summed E-state index contributed by atoms with van der Waals surface area (Å²) in [5.41, 5.74) is 1.11. The van der Waals surface area contributed by atoms with E-state index >= 15 is 0 Å². The summed E-state index contributed by atoms with van der Waals surface area (Å²) in [6, 6.07) is 9.54. The van der Waals surface area contributed by atoms with E-state index in [1.54, 1.807) is 0 Å². The van der Waals surface area contributed by atoms with Crippen LogP contribution in [0.3, 0.4) is 0 Å². The molecule has 2 aromatic heterocycles. The molecule has 6 rings (SSSR count). The minimum atomic E-state index is -4.71. The first kappa shape index (κ1) is 29.1. The summed E-state index contributed by atoms with van der Waals surface area (Å²) in [6.45, 7) is 0.577. The number of carbonyl (C=O) groups is 1. The van der Waals surface area contributed by atoms with Crippen LogP contribution in [0.1, 0.15) is 56.0 Å². The molecule has 1 saturated heterocycles. The molecule has 2 aliphatic carbocycles. The zero-order valence-electron chi connectivity index (χ0n) is 23.1. The third-order valence-corrected chi connectivity index (χ3v) is 10.0. The lowest BCUT2D eigenvalue weighted by atomic mass is 9.76. The van der Waals surface area contributed by atoms with Gasteiger partial charge in [-0.15, -0.1) is 0 Å². The highest BCUT2D eigenvalue weighted by Crippen LogP contribution is 2.46. The number of nitrogens with one attached hydrogen (secondary N) is 1. The first-order valence-electron chi connectivity index (χ1n) is 14.2. The average Bonchev–Trinajstić information content (AvgIpc) is 3.63. The van der Waals surface area contributed by atoms with Crippen molar-refractivity contribution in [2.75, 3.05) is 29.5 Å². The molecule has 1 N–H and O–H groups in total. The van der Waals surface area contributed by atoms with Crippen LogP contribution in [0.25, 0.3) is 22.7 Å². The molecule has 1 amide bonds. The molecule has 1 aromatic carbocycles. The number of nitriles is 1. The minimum absolute atomic E-state index is 0.00661. The van der Waals surface area contributed by atoms with Crippen molar-refractivity contribution in [3.8, 4) is 28.8 Å². The topological polar surface area (TPSA) is 142 Å². The van der Waals surface area contributed by atoms with E-state index in [1.165, 1.54) is 0 Å². The Hall–Kier alpha value is -3.99. The Morgan fingerprint density at radius 1 is 1.09 bits per heavy atom. The number of hydrogen-bond donors (Lipinski definition) is 1. The maximum absolute atomic E-state index is 13.5. The summed E-state index contributed by atoms with van der Waals surface area (Å²) < 4.78 is 69.9. The molecule has 10 nitrogen and oxygen atoms in total. The van der Waals surface area contributed by atoms with Crippen LogP contribution in [-0.4, -0.2) is 59.4 Å². The van der Waals surface area contributed by atoms with E-state index in [0.29, 0.717) is 42.7 Å². The average molecular weight is 615 g/mol. The van der Waals surface area contributed by atoms with Gasteiger partial charge in [-0.2, -0.15) is 18.4 Å². The monoisotopic (exact) mass is 614 g/mol. The predicted octanol–water partition coefficient (Wildman–Crippen LogP) is 4.50. The fourth-order valence-corrected chi connectivity index (χ4v) is 7.07. The molecule has 3 aliphatic rings. The lowest BCUT2D eigenvalue weighted by Crippen LogP contribution is -2.42. The zero-order chi connectivity index (χ0) is 30.4. The molecule has 14 heteroatoms. The van der Waals surface area contributed by atoms with Crippen LogP contribution < -0.4 is 10.2 Å². The lowest BCUT2D eigenvalue weighted by Gasteiger charge is -2.32. The van der Waals surface area contributed by atoms with Gasteiger partial charge in [0.2, 0.25) is 17.6 Å². The molecule has 2 saturated carbocycles. The van der Waals surface area contributed by atoms with Crippen LogP contribution in [0, 0.1) is 17.2 Å². The van der Waals surface area contributed by atoms with Gasteiger partial charge in [0.1, 0.15) is 17.0 Å². The number of nitrogens with zero attached hydrogens (tertiary/aromatic N) is 5. The van der Waals surface area contributed by atoms with Crippen LogP contribution in [-0.2, 0) is 20.8 Å². The van der Waals surface area contributed by atoms with Crippen LogP contribution >= 0.6 is 0 Å². The van der Waals surface area contributed by atoms with Crippen LogP contribution in [0.5, 0.6) is 0 Å². The van der Waals surface area contributed by atoms with E-state index in [9.17, 15) is 31.6 Å². The Balaban J connectivity index is 1.43. The second-order valence-electron chi connectivity index (χ2n) is 11.4. The van der Waals surface area contributed by atoms with Gasteiger partial charge in [0, 0.05) is 48.6 Å². The number of halogens is 3. The predicted molar refractivity (Wildman–Crippen MR) is 149 cm³/mol. The molecule has 1 aliphatic heterocycles. The van der Waals surface area contributed by atoms with Crippen LogP contribution in [0.15, 0.2) is 41.1 Å². The molecular weight excluding hydrogens is 585 g/mol. The molecule has 0 bridgehead atoms. The maximum Gasteiger partial charge on any atom is 0.451 e. The lowest BCUT2D eigenvalue weighted by molar-refractivity contribution is -0.145. The highest BCUT2D eigenvalue weighted by Gasteiger charge is 2.47. The third kappa shape index (κ3) is 5.95. The van der Waals surface area contributed by atoms with Crippen LogP contribution in [0.4, 0.5) is 18.9 Å². The number of aromatic nitrogens is 3. The van der Waals surface area contributed by atoms with E-state index in [0.717, 1.165) is 30.9 Å². The molecule has 0 radical (unpaired) electrons.